The molecule has 0 saturated heterocycles. The van der Waals surface area contributed by atoms with Crippen LogP contribution in [-0.2, 0) is 13.1 Å². The summed E-state index contributed by atoms with van der Waals surface area (Å²) >= 11 is 0. The number of benzene rings is 1. The van der Waals surface area contributed by atoms with Crippen molar-refractivity contribution in [1.82, 2.24) is 4.90 Å². The lowest BCUT2D eigenvalue weighted by Crippen LogP contribution is -2.22. The fraction of sp³-hybridized carbons (Fsp3) is 0.647. The fourth-order valence-corrected chi connectivity index (χ4v) is 3.83. The van der Waals surface area contributed by atoms with Crippen molar-refractivity contribution in [2.75, 3.05) is 12.3 Å². The summed E-state index contributed by atoms with van der Waals surface area (Å²) in [7, 11) is 0. The van der Waals surface area contributed by atoms with E-state index in [-0.39, 0.29) is 0 Å². The normalized spacial score (nSPS) is 27.4. The van der Waals surface area contributed by atoms with Gasteiger partial charge in [0.2, 0.25) is 0 Å². The summed E-state index contributed by atoms with van der Waals surface area (Å²) in [5.41, 5.74) is 9.69. The molecule has 1 aromatic carbocycles. The quantitative estimate of drug-likeness (QED) is 0.836. The van der Waals surface area contributed by atoms with E-state index in [2.05, 4.69) is 24.0 Å². The average Bonchev–Trinajstić information content (AvgIpc) is 2.78. The Morgan fingerprint density at radius 2 is 2.05 bits per heavy atom. The molecule has 19 heavy (non-hydrogen) atoms. The van der Waals surface area contributed by atoms with Gasteiger partial charge in [0, 0.05) is 18.8 Å². The zero-order valence-electron chi connectivity index (χ0n) is 12.1. The number of nitrogens with zero attached hydrogens (tertiary/aromatic N) is 1. The van der Waals surface area contributed by atoms with Crippen molar-refractivity contribution in [2.24, 2.45) is 11.8 Å². The topological polar surface area (TPSA) is 29.3 Å². The predicted octanol–water partition coefficient (Wildman–Crippen LogP) is 3.80. The lowest BCUT2D eigenvalue weighted by molar-refractivity contribution is 0.213. The maximum absolute atomic E-state index is 5.86. The van der Waals surface area contributed by atoms with Crippen LogP contribution in [0.25, 0.3) is 0 Å². The van der Waals surface area contributed by atoms with Gasteiger partial charge < -0.3 is 5.73 Å². The van der Waals surface area contributed by atoms with Crippen molar-refractivity contribution in [3.8, 4) is 0 Å². The zero-order chi connectivity index (χ0) is 13.2. The van der Waals surface area contributed by atoms with Gasteiger partial charge in [-0.3, -0.25) is 4.90 Å². The van der Waals surface area contributed by atoms with Crippen LogP contribution in [0.2, 0.25) is 0 Å². The minimum Gasteiger partial charge on any atom is -0.399 e. The second-order valence-corrected chi connectivity index (χ2v) is 6.67. The van der Waals surface area contributed by atoms with Gasteiger partial charge in [-0.2, -0.15) is 0 Å². The molecule has 2 N–H and O–H groups in total. The van der Waals surface area contributed by atoms with Crippen LogP contribution in [0.15, 0.2) is 18.2 Å². The van der Waals surface area contributed by atoms with E-state index in [9.17, 15) is 0 Å². The highest BCUT2D eigenvalue weighted by Gasteiger charge is 2.22. The van der Waals surface area contributed by atoms with E-state index in [1.165, 1.54) is 49.8 Å². The first-order valence-corrected chi connectivity index (χ1v) is 7.80. The maximum Gasteiger partial charge on any atom is 0.0317 e. The van der Waals surface area contributed by atoms with E-state index in [1.54, 1.807) is 0 Å². The van der Waals surface area contributed by atoms with E-state index in [0.29, 0.717) is 0 Å². The van der Waals surface area contributed by atoms with Gasteiger partial charge in [-0.1, -0.05) is 32.3 Å². The Labute approximate surface area is 117 Å². The average molecular weight is 258 g/mol. The second-order valence-electron chi connectivity index (χ2n) is 6.67. The smallest absolute Gasteiger partial charge is 0.0317 e. The first-order chi connectivity index (χ1) is 9.20. The summed E-state index contributed by atoms with van der Waals surface area (Å²) in [6.45, 7) is 5.90. The molecule has 2 unspecified atom stereocenters. The predicted molar refractivity (Wildman–Crippen MR) is 80.7 cm³/mol. The molecule has 2 heteroatoms. The Bertz CT molecular complexity index is 441. The highest BCUT2D eigenvalue weighted by atomic mass is 15.1. The van der Waals surface area contributed by atoms with Crippen molar-refractivity contribution in [3.63, 3.8) is 0 Å². The van der Waals surface area contributed by atoms with E-state index < -0.39 is 0 Å². The van der Waals surface area contributed by atoms with Gasteiger partial charge in [-0.25, -0.2) is 0 Å². The van der Waals surface area contributed by atoms with Crippen LogP contribution in [0.5, 0.6) is 0 Å². The van der Waals surface area contributed by atoms with Gasteiger partial charge in [0.15, 0.2) is 0 Å². The number of nitrogens with two attached hydrogens (primary N) is 1. The van der Waals surface area contributed by atoms with E-state index in [4.69, 9.17) is 5.73 Å². The Morgan fingerprint density at radius 1 is 1.21 bits per heavy atom. The van der Waals surface area contributed by atoms with E-state index >= 15 is 0 Å². The Balaban J connectivity index is 1.50. The molecule has 1 aromatic rings. The number of rotatable bonds is 3. The molecule has 1 saturated carbocycles. The zero-order valence-corrected chi connectivity index (χ0v) is 12.1. The molecule has 0 radical (unpaired) electrons. The molecule has 1 fully saturated rings. The Hall–Kier alpha value is -1.02. The van der Waals surface area contributed by atoms with Gasteiger partial charge >= 0.3 is 0 Å². The molecule has 0 bridgehead atoms. The minimum absolute atomic E-state index is 0.904. The van der Waals surface area contributed by atoms with Crippen molar-refractivity contribution >= 4 is 5.69 Å². The van der Waals surface area contributed by atoms with Crippen LogP contribution in [0.3, 0.4) is 0 Å². The van der Waals surface area contributed by atoms with E-state index in [1.807, 2.05) is 6.07 Å². The van der Waals surface area contributed by atoms with Crippen molar-refractivity contribution in [3.05, 3.63) is 29.3 Å². The van der Waals surface area contributed by atoms with Crippen LogP contribution in [-0.4, -0.2) is 11.4 Å². The van der Waals surface area contributed by atoms with Crippen molar-refractivity contribution < 1.29 is 0 Å². The van der Waals surface area contributed by atoms with Crippen molar-refractivity contribution in [1.29, 1.82) is 0 Å². The van der Waals surface area contributed by atoms with Gasteiger partial charge in [-0.05, 0) is 54.5 Å². The van der Waals surface area contributed by atoms with Gasteiger partial charge in [0.05, 0.1) is 0 Å². The second kappa shape index (κ2) is 5.54. The molecule has 2 atom stereocenters. The van der Waals surface area contributed by atoms with Crippen LogP contribution in [0.1, 0.15) is 50.2 Å². The first kappa shape index (κ1) is 13.0. The third-order valence-corrected chi connectivity index (χ3v) is 4.92. The molecule has 1 aliphatic carbocycles. The first-order valence-electron chi connectivity index (χ1n) is 7.80. The number of fused-ring (bicyclic) bond motifs is 1. The molecule has 1 aliphatic heterocycles. The Morgan fingerprint density at radius 3 is 2.89 bits per heavy atom. The third-order valence-electron chi connectivity index (χ3n) is 4.92. The minimum atomic E-state index is 0.904. The number of hydrogen-bond acceptors (Lipinski definition) is 2. The molecule has 104 valence electrons. The largest absolute Gasteiger partial charge is 0.399 e. The van der Waals surface area contributed by atoms with Crippen molar-refractivity contribution in [2.45, 2.75) is 52.1 Å². The van der Waals surface area contributed by atoms with Gasteiger partial charge in [0.1, 0.15) is 0 Å². The highest BCUT2D eigenvalue weighted by molar-refractivity contribution is 5.46. The molecule has 0 amide bonds. The molecular formula is C17H26N2. The summed E-state index contributed by atoms with van der Waals surface area (Å²) in [5.74, 6) is 1.92. The van der Waals surface area contributed by atoms with Crippen LogP contribution in [0.4, 0.5) is 5.69 Å². The monoisotopic (exact) mass is 258 g/mol. The summed E-state index contributed by atoms with van der Waals surface area (Å²) in [5, 5.41) is 0. The SMILES string of the molecule is CC1CCCC(CCN2Cc3ccc(N)cc3C2)C1. The number of anilines is 1. The lowest BCUT2D eigenvalue weighted by Gasteiger charge is -2.28. The summed E-state index contributed by atoms with van der Waals surface area (Å²) in [6.07, 6.45) is 7.19. The number of hydrogen-bond donors (Lipinski definition) is 1. The van der Waals surface area contributed by atoms with Gasteiger partial charge in [0.25, 0.3) is 0 Å². The Kier molecular flexibility index (Phi) is 3.79. The lowest BCUT2D eigenvalue weighted by atomic mass is 9.81. The molecular weight excluding hydrogens is 232 g/mol. The number of nitrogen functional groups attached to an aromatic ring is 1. The standard InChI is InChI=1S/C17H26N2/c1-13-3-2-4-14(9-13)7-8-19-11-15-5-6-17(18)10-16(15)12-19/h5-6,10,13-14H,2-4,7-9,11-12,18H2,1H3. The summed E-state index contributed by atoms with van der Waals surface area (Å²) < 4.78 is 0. The van der Waals surface area contributed by atoms with E-state index in [0.717, 1.165) is 30.6 Å². The molecule has 0 spiro atoms. The van der Waals surface area contributed by atoms with Crippen LogP contribution >= 0.6 is 0 Å². The molecule has 0 aromatic heterocycles. The molecule has 1 heterocycles. The molecule has 2 aliphatic rings. The summed E-state index contributed by atoms with van der Waals surface area (Å²) in [4.78, 5) is 2.59. The fourth-order valence-electron chi connectivity index (χ4n) is 3.83. The highest BCUT2D eigenvalue weighted by Crippen LogP contribution is 2.32. The van der Waals surface area contributed by atoms with Crippen LogP contribution < -0.4 is 5.73 Å². The molecule has 3 rings (SSSR count). The van der Waals surface area contributed by atoms with Crippen LogP contribution in [0, 0.1) is 11.8 Å². The summed E-state index contributed by atoms with van der Waals surface area (Å²) in [6, 6.07) is 6.39. The molecule has 2 nitrogen and oxygen atoms in total. The maximum atomic E-state index is 5.86. The third kappa shape index (κ3) is 3.11. The van der Waals surface area contributed by atoms with Gasteiger partial charge in [-0.15, -0.1) is 0 Å².